The van der Waals surface area contributed by atoms with Crippen LogP contribution in [-0.2, 0) is 14.4 Å². The summed E-state index contributed by atoms with van der Waals surface area (Å²) < 4.78 is 5.26. The SMILES string of the molecule is COc1cc([C@@H]2[C@H]3C(=O)N(c4ccccc4Cl)C(=O)[C@@H]3ON2c2ccccc2)ccc1O. The Morgan fingerprint density at radius 3 is 2.41 bits per heavy atom. The first-order valence-electron chi connectivity index (χ1n) is 10.0. The van der Waals surface area contributed by atoms with Gasteiger partial charge in [0.15, 0.2) is 17.6 Å². The van der Waals surface area contributed by atoms with Crippen LogP contribution in [0.5, 0.6) is 11.5 Å². The van der Waals surface area contributed by atoms with Gasteiger partial charge in [-0.25, -0.2) is 9.96 Å². The second-order valence-corrected chi connectivity index (χ2v) is 7.96. The van der Waals surface area contributed by atoms with E-state index in [0.29, 0.717) is 22.0 Å². The van der Waals surface area contributed by atoms with Crippen molar-refractivity contribution in [3.05, 3.63) is 83.4 Å². The van der Waals surface area contributed by atoms with E-state index in [0.717, 1.165) is 4.90 Å². The predicted molar refractivity (Wildman–Crippen MR) is 119 cm³/mol. The van der Waals surface area contributed by atoms with Crippen LogP contribution in [-0.4, -0.2) is 30.1 Å². The van der Waals surface area contributed by atoms with Gasteiger partial charge in [-0.15, -0.1) is 0 Å². The monoisotopic (exact) mass is 450 g/mol. The van der Waals surface area contributed by atoms with E-state index in [9.17, 15) is 14.7 Å². The molecule has 1 N–H and O–H groups in total. The van der Waals surface area contributed by atoms with Crippen LogP contribution in [0.25, 0.3) is 0 Å². The van der Waals surface area contributed by atoms with Crippen molar-refractivity contribution in [2.24, 2.45) is 5.92 Å². The number of rotatable bonds is 4. The predicted octanol–water partition coefficient (Wildman–Crippen LogP) is 4.11. The maximum absolute atomic E-state index is 13.6. The number of phenols is 1. The second-order valence-electron chi connectivity index (χ2n) is 7.55. The molecule has 0 saturated carbocycles. The number of carbonyl (C=O) groups excluding carboxylic acids is 2. The summed E-state index contributed by atoms with van der Waals surface area (Å²) in [5.41, 5.74) is 1.69. The molecular weight excluding hydrogens is 432 g/mol. The molecule has 0 spiro atoms. The number of carbonyl (C=O) groups is 2. The van der Waals surface area contributed by atoms with E-state index in [2.05, 4.69) is 0 Å². The largest absolute Gasteiger partial charge is 0.504 e. The van der Waals surface area contributed by atoms with Crippen molar-refractivity contribution in [1.82, 2.24) is 0 Å². The molecule has 3 aromatic rings. The average Bonchev–Trinajstić information content (AvgIpc) is 3.31. The molecule has 5 rings (SSSR count). The average molecular weight is 451 g/mol. The summed E-state index contributed by atoms with van der Waals surface area (Å²) in [6, 6.07) is 20.2. The van der Waals surface area contributed by atoms with Gasteiger partial charge in [0, 0.05) is 0 Å². The number of benzene rings is 3. The molecule has 7 nitrogen and oxygen atoms in total. The molecule has 0 aromatic heterocycles. The highest BCUT2D eigenvalue weighted by atomic mass is 35.5. The summed E-state index contributed by atoms with van der Waals surface area (Å²) in [6.07, 6.45) is -1.01. The molecule has 0 radical (unpaired) electrons. The molecule has 162 valence electrons. The molecule has 2 fully saturated rings. The van der Waals surface area contributed by atoms with Gasteiger partial charge in [0.25, 0.3) is 5.91 Å². The molecule has 0 bridgehead atoms. The highest BCUT2D eigenvalue weighted by molar-refractivity contribution is 6.36. The molecular formula is C24H19ClN2O5. The number of fused-ring (bicyclic) bond motifs is 1. The zero-order valence-corrected chi connectivity index (χ0v) is 17.8. The third-order valence-corrected chi connectivity index (χ3v) is 6.08. The lowest BCUT2D eigenvalue weighted by molar-refractivity contribution is -0.126. The minimum absolute atomic E-state index is 0.0236. The Balaban J connectivity index is 1.62. The Labute approximate surface area is 189 Å². The number of phenolic OH excluding ortho intramolecular Hbond substituents is 1. The lowest BCUT2D eigenvalue weighted by Gasteiger charge is -2.29. The fourth-order valence-electron chi connectivity index (χ4n) is 4.30. The lowest BCUT2D eigenvalue weighted by Crippen LogP contribution is -2.37. The first-order valence-corrected chi connectivity index (χ1v) is 10.4. The van der Waals surface area contributed by atoms with Gasteiger partial charge in [-0.05, 0) is 42.0 Å². The van der Waals surface area contributed by atoms with Crippen LogP contribution in [0, 0.1) is 5.92 Å². The fraction of sp³-hybridized carbons (Fsp3) is 0.167. The highest BCUT2D eigenvalue weighted by Gasteiger charge is 2.60. The number of anilines is 2. The zero-order valence-electron chi connectivity index (χ0n) is 17.0. The normalized spacial score (nSPS) is 22.4. The van der Waals surface area contributed by atoms with Crippen LogP contribution in [0.1, 0.15) is 11.6 Å². The Hall–Kier alpha value is -3.55. The summed E-state index contributed by atoms with van der Waals surface area (Å²) >= 11 is 6.28. The summed E-state index contributed by atoms with van der Waals surface area (Å²) in [6.45, 7) is 0. The Morgan fingerprint density at radius 2 is 1.69 bits per heavy atom. The lowest BCUT2D eigenvalue weighted by atomic mass is 9.90. The number of amides is 2. The van der Waals surface area contributed by atoms with E-state index in [1.165, 1.54) is 13.2 Å². The van der Waals surface area contributed by atoms with E-state index < -0.39 is 29.9 Å². The Kier molecular flexibility index (Phi) is 5.00. The molecule has 2 aliphatic rings. The van der Waals surface area contributed by atoms with E-state index in [1.54, 1.807) is 41.5 Å². The topological polar surface area (TPSA) is 79.3 Å². The third-order valence-electron chi connectivity index (χ3n) is 5.76. The minimum Gasteiger partial charge on any atom is -0.504 e. The van der Waals surface area contributed by atoms with E-state index in [-0.39, 0.29) is 11.5 Å². The number of halogens is 1. The minimum atomic E-state index is -1.01. The molecule has 2 heterocycles. The van der Waals surface area contributed by atoms with Crippen LogP contribution in [0.3, 0.4) is 0 Å². The number of para-hydroxylation sites is 2. The summed E-state index contributed by atoms with van der Waals surface area (Å²) in [5.74, 6) is -1.44. The number of hydroxylamine groups is 1. The number of nitrogens with zero attached hydrogens (tertiary/aromatic N) is 2. The van der Waals surface area contributed by atoms with Crippen molar-refractivity contribution in [3.8, 4) is 11.5 Å². The van der Waals surface area contributed by atoms with Crippen molar-refractivity contribution in [3.63, 3.8) is 0 Å². The molecule has 2 saturated heterocycles. The molecule has 2 amide bonds. The molecule has 0 unspecified atom stereocenters. The highest BCUT2D eigenvalue weighted by Crippen LogP contribution is 2.49. The van der Waals surface area contributed by atoms with Gasteiger partial charge < -0.3 is 9.84 Å². The van der Waals surface area contributed by atoms with Crippen molar-refractivity contribution in [1.29, 1.82) is 0 Å². The maximum Gasteiger partial charge on any atom is 0.266 e. The molecule has 2 aliphatic heterocycles. The molecule has 3 atom stereocenters. The number of methoxy groups -OCH3 is 1. The number of hydrogen-bond acceptors (Lipinski definition) is 6. The van der Waals surface area contributed by atoms with Crippen LogP contribution in [0.15, 0.2) is 72.8 Å². The summed E-state index contributed by atoms with van der Waals surface area (Å²) in [7, 11) is 1.45. The van der Waals surface area contributed by atoms with Gasteiger partial charge in [0.05, 0.1) is 29.5 Å². The van der Waals surface area contributed by atoms with Crippen molar-refractivity contribution in [2.75, 3.05) is 17.1 Å². The van der Waals surface area contributed by atoms with Gasteiger partial charge in [0.2, 0.25) is 5.91 Å². The van der Waals surface area contributed by atoms with Crippen LogP contribution < -0.4 is 14.7 Å². The van der Waals surface area contributed by atoms with E-state index in [1.807, 2.05) is 30.3 Å². The summed E-state index contributed by atoms with van der Waals surface area (Å²) in [5, 5.41) is 11.9. The van der Waals surface area contributed by atoms with Gasteiger partial charge in [-0.1, -0.05) is 48.0 Å². The van der Waals surface area contributed by atoms with Crippen molar-refractivity contribution >= 4 is 34.8 Å². The number of hydrogen-bond donors (Lipinski definition) is 1. The van der Waals surface area contributed by atoms with E-state index in [4.69, 9.17) is 21.2 Å². The van der Waals surface area contributed by atoms with Crippen LogP contribution in [0.4, 0.5) is 11.4 Å². The number of aromatic hydroxyl groups is 1. The zero-order chi connectivity index (χ0) is 22.4. The Morgan fingerprint density at radius 1 is 0.969 bits per heavy atom. The van der Waals surface area contributed by atoms with Gasteiger partial charge in [-0.2, -0.15) is 0 Å². The van der Waals surface area contributed by atoms with E-state index >= 15 is 0 Å². The van der Waals surface area contributed by atoms with Gasteiger partial charge in [0.1, 0.15) is 5.92 Å². The van der Waals surface area contributed by atoms with Crippen molar-refractivity contribution in [2.45, 2.75) is 12.1 Å². The second kappa shape index (κ2) is 7.85. The van der Waals surface area contributed by atoms with Gasteiger partial charge in [-0.3, -0.25) is 14.4 Å². The smallest absolute Gasteiger partial charge is 0.266 e. The number of imide groups is 1. The first-order chi connectivity index (χ1) is 15.5. The first kappa shape index (κ1) is 20.4. The maximum atomic E-state index is 13.6. The van der Waals surface area contributed by atoms with Crippen molar-refractivity contribution < 1.29 is 24.3 Å². The molecule has 0 aliphatic carbocycles. The van der Waals surface area contributed by atoms with Crippen LogP contribution >= 0.6 is 11.6 Å². The van der Waals surface area contributed by atoms with Crippen LogP contribution in [0.2, 0.25) is 5.02 Å². The third kappa shape index (κ3) is 3.09. The molecule has 8 heteroatoms. The molecule has 32 heavy (non-hydrogen) atoms. The summed E-state index contributed by atoms with van der Waals surface area (Å²) in [4.78, 5) is 34.1. The Bertz CT molecular complexity index is 1200. The standard InChI is InChI=1S/C24H19ClN2O5/c1-31-19-13-14(11-12-18(19)28)21-20-22(32-27(21)15-7-3-2-4-8-15)24(30)26(23(20)29)17-10-6-5-9-16(17)25/h2-13,20-22,28H,1H3/t20-,21-,22-/m1/s1. The number of ether oxygens (including phenoxy) is 1. The molecule has 3 aromatic carbocycles. The quantitative estimate of drug-likeness (QED) is 0.603. The van der Waals surface area contributed by atoms with Gasteiger partial charge >= 0.3 is 0 Å². The fourth-order valence-corrected chi connectivity index (χ4v) is 4.52.